The van der Waals surface area contributed by atoms with Gasteiger partial charge in [-0.05, 0) is 74.6 Å². The summed E-state index contributed by atoms with van der Waals surface area (Å²) >= 11 is 0. The first-order chi connectivity index (χ1) is 18.0. The smallest absolute Gasteiger partial charge is 0.496 e. The van der Waals surface area contributed by atoms with E-state index in [0.29, 0.717) is 22.2 Å². The molecule has 2 heterocycles. The van der Waals surface area contributed by atoms with E-state index in [-0.39, 0.29) is 20.4 Å². The quantitative estimate of drug-likeness (QED) is 0.197. The minimum absolute atomic E-state index is 0. The van der Waals surface area contributed by atoms with E-state index in [2.05, 4.69) is 14.2 Å². The van der Waals surface area contributed by atoms with Crippen molar-refractivity contribution in [1.29, 1.82) is 0 Å². The Balaban J connectivity index is 0.000000413. The number of hydrogen-bond donors (Lipinski definition) is 1. The number of benzene rings is 2. The number of rotatable bonds is 4. The number of pyridine rings is 2. The molecular weight excluding hydrogens is 561 g/mol. The van der Waals surface area contributed by atoms with Gasteiger partial charge in [0.2, 0.25) is 11.4 Å². The van der Waals surface area contributed by atoms with Crippen LogP contribution in [0.4, 0.5) is 13.2 Å². The normalized spacial score (nSPS) is 11.2. The van der Waals surface area contributed by atoms with Crippen molar-refractivity contribution in [3.63, 3.8) is 0 Å². The molecule has 0 radical (unpaired) electrons. The van der Waals surface area contributed by atoms with Gasteiger partial charge in [0.15, 0.2) is 0 Å². The van der Waals surface area contributed by atoms with E-state index in [0.717, 1.165) is 50.5 Å². The predicted octanol–water partition coefficient (Wildman–Crippen LogP) is 7.13. The summed E-state index contributed by atoms with van der Waals surface area (Å²) in [6.45, 7) is 11.1. The van der Waals surface area contributed by atoms with Crippen LogP contribution in [0.1, 0.15) is 48.5 Å². The van der Waals surface area contributed by atoms with E-state index < -0.39 is 21.5 Å². The maximum absolute atomic E-state index is 12.4. The molecule has 0 atom stereocenters. The first-order valence-corrected chi connectivity index (χ1v) is 13.1. The molecule has 0 aliphatic rings. The Kier molecular flexibility index (Phi) is 11.0. The topological polar surface area (TPSA) is 108 Å². The Hall–Kier alpha value is -3.80. The monoisotopic (exact) mass is 598 g/mol. The van der Waals surface area contributed by atoms with Gasteiger partial charge >= 0.3 is 15.6 Å². The van der Waals surface area contributed by atoms with Gasteiger partial charge in [-0.25, -0.2) is 4.98 Å². The van der Waals surface area contributed by atoms with Crippen LogP contribution in [0.15, 0.2) is 29.1 Å². The number of nitrogens with one attached hydrogen (secondary N) is 1. The van der Waals surface area contributed by atoms with Crippen LogP contribution in [0.3, 0.4) is 0 Å². The van der Waals surface area contributed by atoms with Crippen molar-refractivity contribution in [3.8, 4) is 17.4 Å². The molecular formula is C29H37F3N2O6S. The lowest BCUT2D eigenvalue weighted by atomic mass is 10.0. The lowest BCUT2D eigenvalue weighted by molar-refractivity contribution is -0.0501. The fourth-order valence-corrected chi connectivity index (χ4v) is 4.74. The minimum Gasteiger partial charge on any atom is -0.496 e. The van der Waals surface area contributed by atoms with Crippen LogP contribution in [0.25, 0.3) is 21.5 Å². The zero-order valence-electron chi connectivity index (χ0n) is 22.7. The zero-order valence-corrected chi connectivity index (χ0v) is 23.6. The van der Waals surface area contributed by atoms with Crippen molar-refractivity contribution in [2.24, 2.45) is 0 Å². The summed E-state index contributed by atoms with van der Waals surface area (Å²) < 4.78 is 74.3. The summed E-state index contributed by atoms with van der Waals surface area (Å²) in [5.74, 6) is 0.747. The lowest BCUT2D eigenvalue weighted by Crippen LogP contribution is -2.28. The van der Waals surface area contributed by atoms with Crippen molar-refractivity contribution in [3.05, 3.63) is 68.3 Å². The summed E-state index contributed by atoms with van der Waals surface area (Å²) in [4.78, 5) is 18.0. The largest absolute Gasteiger partial charge is 0.534 e. The van der Waals surface area contributed by atoms with Gasteiger partial charge in [-0.3, -0.25) is 4.79 Å². The van der Waals surface area contributed by atoms with Gasteiger partial charge < -0.3 is 18.6 Å². The van der Waals surface area contributed by atoms with Crippen LogP contribution in [0, 0.1) is 41.5 Å². The molecule has 2 aromatic carbocycles. The molecule has 0 amide bonds. The van der Waals surface area contributed by atoms with Crippen LogP contribution in [-0.4, -0.2) is 38.1 Å². The SMILES string of the molecule is C.C.COc1c(C)c(C)cc2cc(=O)[nH]c(C)c12.COc1c(C)c(C)cc2cc(OS(=O)(=O)C(F)(F)F)nc(C)c12. The average Bonchev–Trinajstić information content (AvgIpc) is 2.81. The summed E-state index contributed by atoms with van der Waals surface area (Å²) in [5.41, 5.74) is -0.489. The molecule has 0 aliphatic heterocycles. The van der Waals surface area contributed by atoms with Gasteiger partial charge in [-0.15, -0.1) is 0 Å². The van der Waals surface area contributed by atoms with Gasteiger partial charge in [0, 0.05) is 28.6 Å². The van der Waals surface area contributed by atoms with Crippen molar-refractivity contribution in [1.82, 2.24) is 9.97 Å². The number of methoxy groups -OCH3 is 2. The Morgan fingerprint density at radius 2 is 1.24 bits per heavy atom. The maximum Gasteiger partial charge on any atom is 0.534 e. The third kappa shape index (κ3) is 6.92. The molecule has 8 nitrogen and oxygen atoms in total. The zero-order chi connectivity index (χ0) is 29.4. The molecule has 12 heteroatoms. The van der Waals surface area contributed by atoms with Crippen molar-refractivity contribution in [2.45, 2.75) is 61.9 Å². The number of halogens is 3. The first-order valence-electron chi connectivity index (χ1n) is 11.7. The second-order valence-electron chi connectivity index (χ2n) is 9.05. The Morgan fingerprint density at radius 1 is 0.780 bits per heavy atom. The molecule has 0 fully saturated rings. The van der Waals surface area contributed by atoms with Crippen LogP contribution in [-0.2, 0) is 10.1 Å². The van der Waals surface area contributed by atoms with Gasteiger partial charge in [0.1, 0.15) is 11.5 Å². The standard InChI is InChI=1S/C14H14F3NO4S.C13H15NO2.2CH4/c1-7-5-10-6-11(22-23(19,20)14(15,16)17)18-9(3)12(10)13(21-4)8(7)2;1-7-5-10-6-11(15)14-9(3)12(10)13(16-4)8(7)2;;/h5-6H,1-4H3;5-6H,1-4H3,(H,14,15);2*1H4. The van der Waals surface area contributed by atoms with Gasteiger partial charge in [0.25, 0.3) is 0 Å². The lowest BCUT2D eigenvalue weighted by Gasteiger charge is -2.15. The van der Waals surface area contributed by atoms with Gasteiger partial charge in [-0.1, -0.05) is 27.0 Å². The summed E-state index contributed by atoms with van der Waals surface area (Å²) in [6, 6.07) is 6.47. The number of aryl methyl sites for hydroxylation is 4. The molecule has 41 heavy (non-hydrogen) atoms. The molecule has 4 rings (SSSR count). The highest BCUT2D eigenvalue weighted by Crippen LogP contribution is 2.36. The average molecular weight is 599 g/mol. The van der Waals surface area contributed by atoms with E-state index in [4.69, 9.17) is 9.47 Å². The summed E-state index contributed by atoms with van der Waals surface area (Å²) in [6.07, 6.45) is 0. The predicted molar refractivity (Wildman–Crippen MR) is 157 cm³/mol. The molecule has 0 unspecified atom stereocenters. The second-order valence-corrected chi connectivity index (χ2v) is 10.6. The molecule has 0 saturated heterocycles. The molecule has 0 bridgehead atoms. The van der Waals surface area contributed by atoms with Gasteiger partial charge in [0.05, 0.1) is 19.9 Å². The van der Waals surface area contributed by atoms with Crippen LogP contribution < -0.4 is 19.2 Å². The summed E-state index contributed by atoms with van der Waals surface area (Å²) in [7, 11) is -2.63. The van der Waals surface area contributed by atoms with Crippen LogP contribution in [0.5, 0.6) is 17.4 Å². The minimum atomic E-state index is -5.76. The fraction of sp³-hybridized carbons (Fsp3) is 0.379. The molecule has 0 spiro atoms. The van der Waals surface area contributed by atoms with E-state index in [9.17, 15) is 26.4 Å². The number of aromatic nitrogens is 2. The maximum atomic E-state index is 12.4. The Labute approximate surface area is 238 Å². The van der Waals surface area contributed by atoms with E-state index in [1.54, 1.807) is 26.2 Å². The van der Waals surface area contributed by atoms with E-state index in [1.165, 1.54) is 14.0 Å². The number of hydrogen-bond acceptors (Lipinski definition) is 7. The molecule has 0 aliphatic carbocycles. The third-order valence-electron chi connectivity index (χ3n) is 6.42. The molecule has 4 aromatic rings. The number of aromatic amines is 1. The third-order valence-corrected chi connectivity index (χ3v) is 7.37. The molecule has 2 aromatic heterocycles. The van der Waals surface area contributed by atoms with Gasteiger partial charge in [-0.2, -0.15) is 21.6 Å². The van der Waals surface area contributed by atoms with Crippen LogP contribution in [0.2, 0.25) is 0 Å². The van der Waals surface area contributed by atoms with Crippen molar-refractivity contribution < 1.29 is 35.2 Å². The second kappa shape index (κ2) is 12.8. The summed E-state index contributed by atoms with van der Waals surface area (Å²) in [5, 5.41) is 2.99. The molecule has 226 valence electrons. The molecule has 0 saturated carbocycles. The van der Waals surface area contributed by atoms with E-state index >= 15 is 0 Å². The Bertz CT molecular complexity index is 1750. The number of ether oxygens (including phenoxy) is 2. The highest BCUT2D eigenvalue weighted by molar-refractivity contribution is 7.87. The Morgan fingerprint density at radius 3 is 1.71 bits per heavy atom. The number of H-pyrrole nitrogens is 1. The highest BCUT2D eigenvalue weighted by Gasteiger charge is 2.49. The molecule has 1 N–H and O–H groups in total. The highest BCUT2D eigenvalue weighted by atomic mass is 32.2. The van der Waals surface area contributed by atoms with Crippen molar-refractivity contribution in [2.75, 3.05) is 14.2 Å². The number of alkyl halides is 3. The fourth-order valence-electron chi connectivity index (χ4n) is 4.33. The van der Waals surface area contributed by atoms with Crippen LogP contribution >= 0.6 is 0 Å². The van der Waals surface area contributed by atoms with E-state index in [1.807, 2.05) is 33.8 Å². The number of fused-ring (bicyclic) bond motifs is 2. The first kappa shape index (κ1) is 35.2. The number of nitrogens with zero attached hydrogens (tertiary/aromatic N) is 1. The van der Waals surface area contributed by atoms with Crippen molar-refractivity contribution >= 4 is 31.7 Å².